The molecular weight excluding hydrogens is 208 g/mol. The molecule has 3 nitrogen and oxygen atoms in total. The van der Waals surface area contributed by atoms with Crippen molar-refractivity contribution in [3.63, 3.8) is 0 Å². The van der Waals surface area contributed by atoms with Crippen LogP contribution in [0.5, 0.6) is 5.88 Å². The number of halogens is 1. The van der Waals surface area contributed by atoms with Gasteiger partial charge in [0.25, 0.3) is 0 Å². The van der Waals surface area contributed by atoms with Crippen molar-refractivity contribution in [3.8, 4) is 5.88 Å². The van der Waals surface area contributed by atoms with E-state index in [0.717, 1.165) is 10.0 Å². The third-order valence-corrected chi connectivity index (χ3v) is 2.08. The van der Waals surface area contributed by atoms with Crippen LogP contribution >= 0.6 is 15.9 Å². The summed E-state index contributed by atoms with van der Waals surface area (Å²) in [5.74, 6) is 0.667. The van der Waals surface area contributed by atoms with Gasteiger partial charge in [-0.3, -0.25) is 0 Å². The van der Waals surface area contributed by atoms with E-state index in [1.807, 2.05) is 6.07 Å². The van der Waals surface area contributed by atoms with Crippen LogP contribution in [0.2, 0.25) is 0 Å². The van der Waals surface area contributed by atoms with Gasteiger partial charge >= 0.3 is 0 Å². The summed E-state index contributed by atoms with van der Waals surface area (Å²) in [5.41, 5.74) is 6.71. The summed E-state index contributed by atoms with van der Waals surface area (Å²) in [6.07, 6.45) is 1.71. The van der Waals surface area contributed by atoms with Crippen molar-refractivity contribution in [2.75, 3.05) is 6.61 Å². The van der Waals surface area contributed by atoms with E-state index in [1.165, 1.54) is 0 Å². The molecule has 1 atom stereocenters. The molecule has 0 spiro atoms. The molecule has 2 N–H and O–H groups in total. The van der Waals surface area contributed by atoms with Crippen LogP contribution in [0, 0.1) is 0 Å². The van der Waals surface area contributed by atoms with Gasteiger partial charge in [0.1, 0.15) is 6.61 Å². The zero-order chi connectivity index (χ0) is 7.84. The third kappa shape index (κ3) is 1.12. The van der Waals surface area contributed by atoms with Gasteiger partial charge in [-0.1, -0.05) is 0 Å². The Balaban J connectivity index is 2.52. The number of nitrogens with zero attached hydrogens (tertiary/aromatic N) is 1. The second kappa shape index (κ2) is 2.46. The molecule has 58 valence electrons. The number of hydrogen-bond donors (Lipinski definition) is 1. The second-order valence-electron chi connectivity index (χ2n) is 2.47. The number of aromatic nitrogens is 1. The number of ether oxygens (including phenoxy) is 1. The van der Waals surface area contributed by atoms with E-state index in [1.54, 1.807) is 6.20 Å². The Bertz CT molecular complexity index is 290. The minimum Gasteiger partial charge on any atom is -0.475 e. The highest BCUT2D eigenvalue weighted by Crippen LogP contribution is 2.30. The molecule has 1 aliphatic rings. The molecular formula is C7H7BrN2O. The molecule has 1 aromatic heterocycles. The summed E-state index contributed by atoms with van der Waals surface area (Å²) in [7, 11) is 0. The first kappa shape index (κ1) is 7.06. The monoisotopic (exact) mass is 214 g/mol. The zero-order valence-corrected chi connectivity index (χ0v) is 7.34. The fourth-order valence-electron chi connectivity index (χ4n) is 1.09. The maximum Gasteiger partial charge on any atom is 0.218 e. The molecule has 1 aromatic rings. The standard InChI is InChI=1S/C7H7BrN2O/c8-4-1-5-6(9)3-11-7(5)10-2-4/h1-2,6H,3,9H2. The van der Waals surface area contributed by atoms with Crippen molar-refractivity contribution in [2.45, 2.75) is 6.04 Å². The Morgan fingerprint density at radius 2 is 2.55 bits per heavy atom. The van der Waals surface area contributed by atoms with Gasteiger partial charge < -0.3 is 10.5 Å². The van der Waals surface area contributed by atoms with Crippen LogP contribution in [0.15, 0.2) is 16.7 Å². The molecule has 0 radical (unpaired) electrons. The zero-order valence-electron chi connectivity index (χ0n) is 5.75. The van der Waals surface area contributed by atoms with E-state index in [0.29, 0.717) is 12.5 Å². The number of hydrogen-bond acceptors (Lipinski definition) is 3. The van der Waals surface area contributed by atoms with Crippen LogP contribution in [-0.4, -0.2) is 11.6 Å². The van der Waals surface area contributed by atoms with Crippen LogP contribution in [0.3, 0.4) is 0 Å². The van der Waals surface area contributed by atoms with E-state index >= 15 is 0 Å². The lowest BCUT2D eigenvalue weighted by Crippen LogP contribution is -2.10. The van der Waals surface area contributed by atoms with E-state index < -0.39 is 0 Å². The summed E-state index contributed by atoms with van der Waals surface area (Å²) >= 11 is 3.32. The molecule has 11 heavy (non-hydrogen) atoms. The topological polar surface area (TPSA) is 48.1 Å². The molecule has 0 saturated heterocycles. The highest BCUT2D eigenvalue weighted by Gasteiger charge is 2.21. The van der Waals surface area contributed by atoms with Crippen molar-refractivity contribution >= 4 is 15.9 Å². The Kier molecular flexibility index (Phi) is 1.58. The first-order chi connectivity index (χ1) is 5.27. The normalized spacial score (nSPS) is 21.1. The summed E-state index contributed by atoms with van der Waals surface area (Å²) < 4.78 is 6.15. The van der Waals surface area contributed by atoms with Gasteiger partial charge in [-0.25, -0.2) is 4.98 Å². The number of nitrogens with two attached hydrogens (primary N) is 1. The van der Waals surface area contributed by atoms with Crippen LogP contribution < -0.4 is 10.5 Å². The maximum absolute atomic E-state index is 5.73. The van der Waals surface area contributed by atoms with Crippen molar-refractivity contribution < 1.29 is 4.74 Å². The fourth-order valence-corrected chi connectivity index (χ4v) is 1.44. The van der Waals surface area contributed by atoms with Crippen LogP contribution in [-0.2, 0) is 0 Å². The average molecular weight is 215 g/mol. The summed E-state index contributed by atoms with van der Waals surface area (Å²) in [6, 6.07) is 1.93. The van der Waals surface area contributed by atoms with Gasteiger partial charge in [0, 0.05) is 16.2 Å². The third-order valence-electron chi connectivity index (χ3n) is 1.64. The Morgan fingerprint density at radius 1 is 1.73 bits per heavy atom. The molecule has 4 heteroatoms. The predicted octanol–water partition coefficient (Wildman–Crippen LogP) is 1.24. The van der Waals surface area contributed by atoms with Crippen molar-refractivity contribution in [1.29, 1.82) is 0 Å². The van der Waals surface area contributed by atoms with Gasteiger partial charge in [0.05, 0.1) is 6.04 Å². The molecule has 0 aromatic carbocycles. The molecule has 0 aliphatic carbocycles. The number of pyridine rings is 1. The molecule has 0 fully saturated rings. The van der Waals surface area contributed by atoms with E-state index in [9.17, 15) is 0 Å². The molecule has 1 unspecified atom stereocenters. The smallest absolute Gasteiger partial charge is 0.218 e. The van der Waals surface area contributed by atoms with Gasteiger partial charge in [0.15, 0.2) is 0 Å². The average Bonchev–Trinajstić information content (AvgIpc) is 2.33. The van der Waals surface area contributed by atoms with Gasteiger partial charge in [-0.2, -0.15) is 0 Å². The van der Waals surface area contributed by atoms with Crippen LogP contribution in [0.4, 0.5) is 0 Å². The molecule has 1 aliphatic heterocycles. The minimum atomic E-state index is -0.0185. The largest absolute Gasteiger partial charge is 0.475 e. The molecule has 0 saturated carbocycles. The second-order valence-corrected chi connectivity index (χ2v) is 3.38. The molecule has 0 bridgehead atoms. The van der Waals surface area contributed by atoms with E-state index in [-0.39, 0.29) is 6.04 Å². The summed E-state index contributed by atoms with van der Waals surface area (Å²) in [5, 5.41) is 0. The van der Waals surface area contributed by atoms with Crippen LogP contribution in [0.1, 0.15) is 11.6 Å². The highest BCUT2D eigenvalue weighted by molar-refractivity contribution is 9.10. The first-order valence-corrected chi connectivity index (χ1v) is 4.10. The van der Waals surface area contributed by atoms with E-state index in [4.69, 9.17) is 10.5 Å². The van der Waals surface area contributed by atoms with Crippen molar-refractivity contribution in [2.24, 2.45) is 5.73 Å². The Hall–Kier alpha value is -0.610. The predicted molar refractivity (Wildman–Crippen MR) is 44.4 cm³/mol. The van der Waals surface area contributed by atoms with Crippen molar-refractivity contribution in [3.05, 3.63) is 22.3 Å². The van der Waals surface area contributed by atoms with Crippen molar-refractivity contribution in [1.82, 2.24) is 4.98 Å². The fraction of sp³-hybridized carbons (Fsp3) is 0.286. The molecule has 2 heterocycles. The van der Waals surface area contributed by atoms with E-state index in [2.05, 4.69) is 20.9 Å². The quantitative estimate of drug-likeness (QED) is 0.708. The summed E-state index contributed by atoms with van der Waals surface area (Å²) in [6.45, 7) is 0.540. The van der Waals surface area contributed by atoms with Gasteiger partial charge in [-0.05, 0) is 22.0 Å². The first-order valence-electron chi connectivity index (χ1n) is 3.31. The number of rotatable bonds is 0. The van der Waals surface area contributed by atoms with Gasteiger partial charge in [0.2, 0.25) is 5.88 Å². The molecule has 2 rings (SSSR count). The Morgan fingerprint density at radius 3 is 3.36 bits per heavy atom. The minimum absolute atomic E-state index is 0.0185. The lowest BCUT2D eigenvalue weighted by Gasteiger charge is -1.98. The van der Waals surface area contributed by atoms with Gasteiger partial charge in [-0.15, -0.1) is 0 Å². The summed E-state index contributed by atoms with van der Waals surface area (Å²) in [4.78, 5) is 4.06. The lowest BCUT2D eigenvalue weighted by molar-refractivity contribution is 0.323. The van der Waals surface area contributed by atoms with Crippen LogP contribution in [0.25, 0.3) is 0 Å². The Labute approximate surface area is 72.7 Å². The highest BCUT2D eigenvalue weighted by atomic mass is 79.9. The number of fused-ring (bicyclic) bond motifs is 1. The SMILES string of the molecule is NC1COc2ncc(Br)cc21. The lowest BCUT2D eigenvalue weighted by atomic mass is 10.2. The molecule has 0 amide bonds. The maximum atomic E-state index is 5.73.